The summed E-state index contributed by atoms with van der Waals surface area (Å²) in [6.45, 7) is 1.55. The topological polar surface area (TPSA) is 104 Å². The number of rotatable bonds is 7. The molecule has 2 fully saturated rings. The van der Waals surface area contributed by atoms with Crippen LogP contribution in [0, 0.1) is 23.7 Å². The minimum absolute atomic E-state index is 0.125. The number of methoxy groups -OCH3 is 3. The van der Waals surface area contributed by atoms with Gasteiger partial charge in [0.05, 0.1) is 39.4 Å². The maximum Gasteiger partial charge on any atom is 0.346 e. The van der Waals surface area contributed by atoms with Crippen molar-refractivity contribution in [3.8, 4) is 17.2 Å². The summed E-state index contributed by atoms with van der Waals surface area (Å²) in [6.07, 6.45) is 5.47. The molecule has 9 heteroatoms. The fraction of sp³-hybridized carbons (Fsp3) is 0.455. The second-order valence-electron chi connectivity index (χ2n) is 7.77. The Hall–Kier alpha value is -3.36. The molecule has 1 aliphatic heterocycles. The number of hydrogen-bond acceptors (Lipinski definition) is 8. The number of allylic oxidation sites excluding steroid dienone is 2. The van der Waals surface area contributed by atoms with Gasteiger partial charge >= 0.3 is 5.97 Å². The summed E-state index contributed by atoms with van der Waals surface area (Å²) in [5.41, 5.74) is 0.533. The lowest BCUT2D eigenvalue weighted by atomic mass is 9.85. The number of benzene rings is 1. The molecule has 0 aromatic heterocycles. The number of esters is 1. The molecule has 1 saturated heterocycles. The van der Waals surface area contributed by atoms with E-state index >= 15 is 0 Å². The highest BCUT2D eigenvalue weighted by Gasteiger charge is 2.59. The van der Waals surface area contributed by atoms with Gasteiger partial charge in [-0.1, -0.05) is 12.2 Å². The highest BCUT2D eigenvalue weighted by molar-refractivity contribution is 6.06. The van der Waals surface area contributed by atoms with Gasteiger partial charge in [0.1, 0.15) is 0 Å². The van der Waals surface area contributed by atoms with Crippen LogP contribution in [0.2, 0.25) is 0 Å². The van der Waals surface area contributed by atoms with Crippen molar-refractivity contribution < 1.29 is 33.3 Å². The molecule has 1 heterocycles. The maximum absolute atomic E-state index is 12.8. The van der Waals surface area contributed by atoms with E-state index < -0.39 is 12.1 Å². The number of hydrazone groups is 1. The van der Waals surface area contributed by atoms with Crippen molar-refractivity contribution in [3.63, 3.8) is 0 Å². The van der Waals surface area contributed by atoms with E-state index in [0.717, 1.165) is 11.4 Å². The monoisotopic (exact) mass is 428 g/mol. The fourth-order valence-corrected chi connectivity index (χ4v) is 4.61. The number of fused-ring (bicyclic) bond motifs is 5. The maximum atomic E-state index is 12.8. The molecule has 9 nitrogen and oxygen atoms in total. The zero-order valence-corrected chi connectivity index (χ0v) is 17.7. The minimum atomic E-state index is -0.879. The summed E-state index contributed by atoms with van der Waals surface area (Å²) < 4.78 is 21.1. The molecule has 4 rings (SSSR count). The lowest BCUT2D eigenvalue weighted by Crippen LogP contribution is -2.28. The highest BCUT2D eigenvalue weighted by Crippen LogP contribution is 2.52. The van der Waals surface area contributed by atoms with Gasteiger partial charge in [0, 0.05) is 5.56 Å². The van der Waals surface area contributed by atoms with Crippen molar-refractivity contribution in [1.82, 2.24) is 5.01 Å². The molecule has 2 amide bonds. The predicted molar refractivity (Wildman–Crippen MR) is 109 cm³/mol. The molecular formula is C22H24N2O7. The molecule has 0 radical (unpaired) electrons. The van der Waals surface area contributed by atoms with E-state index in [-0.39, 0.29) is 41.2 Å². The number of carbonyl (C=O) groups is 3. The van der Waals surface area contributed by atoms with Gasteiger partial charge in [-0.3, -0.25) is 9.59 Å². The molecule has 164 valence electrons. The SMILES string of the molecule is COC(=O)[C@H](C)Oc1c(OC)cc(C=NN2C(=O)[C@@H]3[C@H](C2=O)[C@H]2C=C[C@H]3C2)cc1OC. The second kappa shape index (κ2) is 8.05. The number of nitrogens with zero attached hydrogens (tertiary/aromatic N) is 2. The van der Waals surface area contributed by atoms with Crippen LogP contribution in [-0.4, -0.2) is 56.4 Å². The summed E-state index contributed by atoms with van der Waals surface area (Å²) in [5.74, 6) is -0.591. The quantitative estimate of drug-likeness (QED) is 0.282. The Labute approximate surface area is 179 Å². The molecular weight excluding hydrogens is 404 g/mol. The molecule has 1 saturated carbocycles. The van der Waals surface area contributed by atoms with Gasteiger partial charge in [0.2, 0.25) is 5.75 Å². The zero-order valence-electron chi connectivity index (χ0n) is 17.7. The fourth-order valence-electron chi connectivity index (χ4n) is 4.61. The van der Waals surface area contributed by atoms with Gasteiger partial charge in [-0.2, -0.15) is 10.1 Å². The average molecular weight is 428 g/mol. The smallest absolute Gasteiger partial charge is 0.346 e. The van der Waals surface area contributed by atoms with Crippen LogP contribution in [0.3, 0.4) is 0 Å². The van der Waals surface area contributed by atoms with E-state index in [4.69, 9.17) is 14.2 Å². The number of hydrogen-bond donors (Lipinski definition) is 0. The lowest BCUT2D eigenvalue weighted by molar-refractivity contribution is -0.148. The van der Waals surface area contributed by atoms with E-state index in [2.05, 4.69) is 9.84 Å². The van der Waals surface area contributed by atoms with Gasteiger partial charge in [0.15, 0.2) is 17.6 Å². The van der Waals surface area contributed by atoms with Crippen molar-refractivity contribution in [2.75, 3.05) is 21.3 Å². The van der Waals surface area contributed by atoms with Crippen molar-refractivity contribution in [1.29, 1.82) is 0 Å². The number of ether oxygens (including phenoxy) is 4. The van der Waals surface area contributed by atoms with Gasteiger partial charge in [-0.05, 0) is 37.3 Å². The van der Waals surface area contributed by atoms with E-state index in [1.54, 1.807) is 19.1 Å². The van der Waals surface area contributed by atoms with Crippen LogP contribution in [0.4, 0.5) is 0 Å². The molecule has 1 aromatic rings. The first kappa shape index (κ1) is 20.9. The van der Waals surface area contributed by atoms with Crippen LogP contribution in [0.5, 0.6) is 17.2 Å². The molecule has 5 atom stereocenters. The Morgan fingerprint density at radius 2 is 1.61 bits per heavy atom. The van der Waals surface area contributed by atoms with Crippen LogP contribution in [-0.2, 0) is 19.1 Å². The molecule has 0 unspecified atom stereocenters. The van der Waals surface area contributed by atoms with Crippen LogP contribution >= 0.6 is 0 Å². The first-order valence-corrected chi connectivity index (χ1v) is 10.00. The van der Waals surface area contributed by atoms with Crippen molar-refractivity contribution in [2.24, 2.45) is 28.8 Å². The molecule has 31 heavy (non-hydrogen) atoms. The normalized spacial score (nSPS) is 27.0. The van der Waals surface area contributed by atoms with Gasteiger partial charge in [0.25, 0.3) is 11.8 Å². The summed E-state index contributed by atoms with van der Waals surface area (Å²) in [7, 11) is 4.17. The van der Waals surface area contributed by atoms with E-state index in [9.17, 15) is 14.4 Å². The van der Waals surface area contributed by atoms with Crippen LogP contribution < -0.4 is 14.2 Å². The van der Waals surface area contributed by atoms with Crippen molar-refractivity contribution in [2.45, 2.75) is 19.4 Å². The number of imide groups is 1. The predicted octanol–water partition coefficient (Wildman–Crippen LogP) is 1.79. The molecule has 1 aromatic carbocycles. The summed E-state index contributed by atoms with van der Waals surface area (Å²) in [4.78, 5) is 37.2. The van der Waals surface area contributed by atoms with Crippen LogP contribution in [0.15, 0.2) is 29.4 Å². The van der Waals surface area contributed by atoms with Gasteiger partial charge in [-0.25, -0.2) is 4.79 Å². The van der Waals surface area contributed by atoms with Crippen molar-refractivity contribution >= 4 is 24.0 Å². The Kier molecular flexibility index (Phi) is 5.43. The van der Waals surface area contributed by atoms with Crippen LogP contribution in [0.1, 0.15) is 18.9 Å². The Morgan fingerprint density at radius 1 is 1.06 bits per heavy atom. The van der Waals surface area contributed by atoms with E-state index in [1.807, 2.05) is 12.2 Å². The molecule has 3 aliphatic rings. The van der Waals surface area contributed by atoms with Gasteiger partial charge < -0.3 is 18.9 Å². The number of amides is 2. The molecule has 0 spiro atoms. The largest absolute Gasteiger partial charge is 0.493 e. The zero-order chi connectivity index (χ0) is 22.3. The first-order chi connectivity index (χ1) is 14.9. The third-order valence-electron chi connectivity index (χ3n) is 6.08. The number of carbonyl (C=O) groups excluding carboxylic acids is 3. The lowest BCUT2D eigenvalue weighted by Gasteiger charge is -2.18. The Balaban J connectivity index is 1.58. The second-order valence-corrected chi connectivity index (χ2v) is 7.77. The first-order valence-electron chi connectivity index (χ1n) is 10.00. The summed E-state index contributed by atoms with van der Waals surface area (Å²) >= 11 is 0. The third kappa shape index (κ3) is 3.43. The standard InChI is InChI=1S/C22H24N2O7/c1-11(22(27)30-4)31-19-15(28-2)7-12(8-16(19)29-3)10-23-24-20(25)17-13-5-6-14(9-13)18(17)21(24)26/h5-8,10-11,13-14,17-18H,9H2,1-4H3/t11-,13-,14-,17-,18+/m0/s1. The Morgan fingerprint density at radius 3 is 2.10 bits per heavy atom. The Bertz CT molecular complexity index is 931. The third-order valence-corrected chi connectivity index (χ3v) is 6.08. The molecule has 2 bridgehead atoms. The van der Waals surface area contributed by atoms with Crippen LogP contribution in [0.25, 0.3) is 0 Å². The minimum Gasteiger partial charge on any atom is -0.493 e. The summed E-state index contributed by atoms with van der Waals surface area (Å²) in [5, 5.41) is 5.15. The average Bonchev–Trinajstić information content (AvgIpc) is 3.46. The summed E-state index contributed by atoms with van der Waals surface area (Å²) in [6, 6.07) is 3.23. The van der Waals surface area contributed by atoms with Gasteiger partial charge in [-0.15, -0.1) is 0 Å². The molecule has 2 aliphatic carbocycles. The highest BCUT2D eigenvalue weighted by atomic mass is 16.6. The van der Waals surface area contributed by atoms with E-state index in [0.29, 0.717) is 17.1 Å². The van der Waals surface area contributed by atoms with E-state index in [1.165, 1.54) is 27.5 Å². The van der Waals surface area contributed by atoms with Crippen molar-refractivity contribution in [3.05, 3.63) is 29.8 Å². The molecule has 0 N–H and O–H groups in total.